The molecule has 0 aliphatic heterocycles. The molecule has 180 valence electrons. The molecule has 0 unspecified atom stereocenters. The first-order valence-corrected chi connectivity index (χ1v) is 13.5. The zero-order valence-electron chi connectivity index (χ0n) is 18.7. The first kappa shape index (κ1) is 25.4. The van der Waals surface area contributed by atoms with Gasteiger partial charge >= 0.3 is 0 Å². The summed E-state index contributed by atoms with van der Waals surface area (Å²) in [6.45, 7) is 6.47. The molecular formula is C24H21BrClN5O2S2. The Kier molecular flexibility index (Phi) is 8.61. The van der Waals surface area contributed by atoms with Gasteiger partial charge in [-0.3, -0.25) is 9.36 Å². The zero-order valence-corrected chi connectivity index (χ0v) is 22.7. The van der Waals surface area contributed by atoms with Gasteiger partial charge in [0.2, 0.25) is 5.91 Å². The van der Waals surface area contributed by atoms with Crippen LogP contribution in [-0.4, -0.2) is 31.4 Å². The van der Waals surface area contributed by atoms with Crippen molar-refractivity contribution in [2.45, 2.75) is 25.2 Å². The van der Waals surface area contributed by atoms with Crippen molar-refractivity contribution in [2.75, 3.05) is 11.1 Å². The van der Waals surface area contributed by atoms with Gasteiger partial charge in [-0.2, -0.15) is 0 Å². The van der Waals surface area contributed by atoms with E-state index in [9.17, 15) is 4.79 Å². The van der Waals surface area contributed by atoms with Crippen LogP contribution in [0.15, 0.2) is 70.1 Å². The zero-order chi connectivity index (χ0) is 24.8. The number of aryl methyl sites for hydroxylation is 1. The lowest BCUT2D eigenvalue weighted by Gasteiger charge is -2.11. The maximum atomic E-state index is 12.5. The van der Waals surface area contributed by atoms with E-state index in [0.717, 1.165) is 27.0 Å². The minimum Gasteiger partial charge on any atom is -0.485 e. The largest absolute Gasteiger partial charge is 0.485 e. The molecule has 0 aliphatic carbocycles. The van der Waals surface area contributed by atoms with Crippen molar-refractivity contribution in [3.05, 3.63) is 81.4 Å². The molecule has 0 aliphatic rings. The third kappa shape index (κ3) is 6.72. The van der Waals surface area contributed by atoms with Crippen LogP contribution in [0.2, 0.25) is 5.02 Å². The number of carbonyl (C=O) groups excluding carboxylic acids is 1. The van der Waals surface area contributed by atoms with Crippen LogP contribution in [0.4, 0.5) is 5.13 Å². The van der Waals surface area contributed by atoms with E-state index < -0.39 is 0 Å². The molecule has 2 aromatic carbocycles. The van der Waals surface area contributed by atoms with Crippen molar-refractivity contribution < 1.29 is 9.53 Å². The molecule has 0 saturated carbocycles. The SMILES string of the molecule is C=CCn1c(COc2ccc(Cl)cc2C)nnc1SCC(=O)Nc1nc(-c2ccc(Br)cc2)cs1. The molecule has 7 nitrogen and oxygen atoms in total. The number of carbonyl (C=O) groups is 1. The molecule has 0 bridgehead atoms. The standard InChI is InChI=1S/C24H21BrClN5O2S2/c1-3-10-31-21(12-33-20-9-8-18(26)11-15(20)2)29-30-24(31)35-14-22(32)28-23-27-19(13-34-23)16-4-6-17(25)7-5-16/h3-9,11,13H,1,10,12,14H2,2H3,(H,27,28,32). The molecular weight excluding hydrogens is 570 g/mol. The maximum absolute atomic E-state index is 12.5. The fourth-order valence-electron chi connectivity index (χ4n) is 3.13. The van der Waals surface area contributed by atoms with Gasteiger partial charge in [-0.25, -0.2) is 4.98 Å². The average Bonchev–Trinajstić information content (AvgIpc) is 3.45. The predicted molar refractivity (Wildman–Crippen MR) is 145 cm³/mol. The molecule has 1 N–H and O–H groups in total. The van der Waals surface area contributed by atoms with Gasteiger partial charge < -0.3 is 10.1 Å². The topological polar surface area (TPSA) is 81.9 Å². The minimum atomic E-state index is -0.172. The number of thiazole rings is 1. The summed E-state index contributed by atoms with van der Waals surface area (Å²) in [5, 5.41) is 15.1. The number of thioether (sulfide) groups is 1. The Morgan fingerprint density at radius 3 is 2.83 bits per heavy atom. The van der Waals surface area contributed by atoms with Crippen LogP contribution in [0, 0.1) is 6.92 Å². The molecule has 0 radical (unpaired) electrons. The molecule has 2 aromatic heterocycles. The summed E-state index contributed by atoms with van der Waals surface area (Å²) in [4.78, 5) is 17.1. The highest BCUT2D eigenvalue weighted by Crippen LogP contribution is 2.27. The van der Waals surface area contributed by atoms with Crippen LogP contribution in [-0.2, 0) is 17.9 Å². The summed E-state index contributed by atoms with van der Waals surface area (Å²) in [7, 11) is 0. The summed E-state index contributed by atoms with van der Waals surface area (Å²) in [5.74, 6) is 1.36. The second kappa shape index (κ2) is 11.9. The van der Waals surface area contributed by atoms with Crippen molar-refractivity contribution >= 4 is 61.7 Å². The van der Waals surface area contributed by atoms with Gasteiger partial charge in [0.15, 0.2) is 16.1 Å². The number of allylic oxidation sites excluding steroid dienone is 1. The number of aromatic nitrogens is 4. The van der Waals surface area contributed by atoms with Gasteiger partial charge in [0, 0.05) is 27.0 Å². The molecule has 1 amide bonds. The summed E-state index contributed by atoms with van der Waals surface area (Å²) in [6, 6.07) is 13.3. The van der Waals surface area contributed by atoms with Crippen LogP contribution in [0.3, 0.4) is 0 Å². The Bertz CT molecular complexity index is 1340. The third-order valence-corrected chi connectivity index (χ3v) is 7.31. The Morgan fingerprint density at radius 1 is 1.29 bits per heavy atom. The first-order valence-electron chi connectivity index (χ1n) is 10.5. The second-order valence-electron chi connectivity index (χ2n) is 7.38. The molecule has 35 heavy (non-hydrogen) atoms. The van der Waals surface area contributed by atoms with Gasteiger partial charge in [0.1, 0.15) is 12.4 Å². The van der Waals surface area contributed by atoms with Crippen LogP contribution in [0.5, 0.6) is 5.75 Å². The van der Waals surface area contributed by atoms with E-state index in [1.807, 2.05) is 53.3 Å². The minimum absolute atomic E-state index is 0.166. The average molecular weight is 591 g/mol. The number of hydrogen-bond donors (Lipinski definition) is 1. The number of amides is 1. The Balaban J connectivity index is 1.35. The van der Waals surface area contributed by atoms with Crippen LogP contribution >= 0.6 is 50.6 Å². The van der Waals surface area contributed by atoms with E-state index in [1.165, 1.54) is 23.1 Å². The van der Waals surface area contributed by atoms with Crippen LogP contribution in [0.25, 0.3) is 11.3 Å². The van der Waals surface area contributed by atoms with E-state index in [0.29, 0.717) is 27.7 Å². The van der Waals surface area contributed by atoms with Gasteiger partial charge in [0.05, 0.1) is 11.4 Å². The highest BCUT2D eigenvalue weighted by Gasteiger charge is 2.15. The van der Waals surface area contributed by atoms with Crippen molar-refractivity contribution in [3.63, 3.8) is 0 Å². The number of anilines is 1. The molecule has 4 aromatic rings. The first-order chi connectivity index (χ1) is 16.9. The van der Waals surface area contributed by atoms with Crippen LogP contribution < -0.4 is 10.1 Å². The van der Waals surface area contributed by atoms with Crippen LogP contribution in [0.1, 0.15) is 11.4 Å². The van der Waals surface area contributed by atoms with Gasteiger partial charge in [-0.05, 0) is 42.8 Å². The van der Waals surface area contributed by atoms with E-state index in [2.05, 4.69) is 43.0 Å². The molecule has 0 saturated heterocycles. The monoisotopic (exact) mass is 589 g/mol. The smallest absolute Gasteiger partial charge is 0.236 e. The van der Waals surface area contributed by atoms with Crippen molar-refractivity contribution in [1.82, 2.24) is 19.7 Å². The van der Waals surface area contributed by atoms with E-state index in [4.69, 9.17) is 16.3 Å². The Labute approximate surface area is 224 Å². The quantitative estimate of drug-likeness (QED) is 0.165. The number of hydrogen-bond acceptors (Lipinski definition) is 7. The molecule has 0 spiro atoms. The Hall–Kier alpha value is -2.66. The van der Waals surface area contributed by atoms with E-state index in [1.54, 1.807) is 12.1 Å². The lowest BCUT2D eigenvalue weighted by Crippen LogP contribution is -2.15. The highest BCUT2D eigenvalue weighted by atomic mass is 79.9. The number of benzene rings is 2. The summed E-state index contributed by atoms with van der Waals surface area (Å²) >= 11 is 12.1. The predicted octanol–water partition coefficient (Wildman–Crippen LogP) is 6.62. The maximum Gasteiger partial charge on any atom is 0.236 e. The number of halogens is 2. The Morgan fingerprint density at radius 2 is 2.09 bits per heavy atom. The number of nitrogens with one attached hydrogen (secondary N) is 1. The lowest BCUT2D eigenvalue weighted by molar-refractivity contribution is -0.113. The van der Waals surface area contributed by atoms with Crippen molar-refractivity contribution in [2.24, 2.45) is 0 Å². The molecule has 4 rings (SSSR count). The third-order valence-electron chi connectivity index (χ3n) is 4.82. The molecule has 0 atom stereocenters. The molecule has 0 fully saturated rings. The van der Waals surface area contributed by atoms with Gasteiger partial charge in [-0.15, -0.1) is 28.1 Å². The number of rotatable bonds is 10. The fourth-order valence-corrected chi connectivity index (χ4v) is 5.13. The number of ether oxygens (including phenoxy) is 1. The summed E-state index contributed by atoms with van der Waals surface area (Å²) < 4.78 is 8.79. The summed E-state index contributed by atoms with van der Waals surface area (Å²) in [5.41, 5.74) is 2.74. The lowest BCUT2D eigenvalue weighted by atomic mass is 10.2. The fraction of sp³-hybridized carbons (Fsp3) is 0.167. The highest BCUT2D eigenvalue weighted by molar-refractivity contribution is 9.10. The molecule has 2 heterocycles. The van der Waals surface area contributed by atoms with Gasteiger partial charge in [-0.1, -0.05) is 57.5 Å². The normalized spacial score (nSPS) is 10.8. The molecule has 11 heteroatoms. The number of nitrogens with zero attached hydrogens (tertiary/aromatic N) is 4. The second-order valence-corrected chi connectivity index (χ2v) is 10.5. The van der Waals surface area contributed by atoms with E-state index >= 15 is 0 Å². The summed E-state index contributed by atoms with van der Waals surface area (Å²) in [6.07, 6.45) is 1.75. The van der Waals surface area contributed by atoms with Crippen molar-refractivity contribution in [3.8, 4) is 17.0 Å². The van der Waals surface area contributed by atoms with Gasteiger partial charge in [0.25, 0.3) is 0 Å². The van der Waals surface area contributed by atoms with E-state index in [-0.39, 0.29) is 18.3 Å². The van der Waals surface area contributed by atoms with Crippen molar-refractivity contribution in [1.29, 1.82) is 0 Å².